The molecule has 1 aromatic rings. The van der Waals surface area contributed by atoms with Crippen molar-refractivity contribution in [1.82, 2.24) is 4.98 Å². The van der Waals surface area contributed by atoms with Crippen molar-refractivity contribution in [2.45, 2.75) is 73.8 Å². The molecule has 22 heavy (non-hydrogen) atoms. The van der Waals surface area contributed by atoms with Gasteiger partial charge in [0.25, 0.3) is 0 Å². The van der Waals surface area contributed by atoms with E-state index >= 15 is 0 Å². The van der Waals surface area contributed by atoms with Gasteiger partial charge in [0, 0.05) is 23.5 Å². The molecule has 2 N–H and O–H groups in total. The van der Waals surface area contributed by atoms with Crippen LogP contribution in [0.3, 0.4) is 0 Å². The first-order valence-electron chi connectivity index (χ1n) is 8.64. The van der Waals surface area contributed by atoms with Crippen molar-refractivity contribution in [1.29, 1.82) is 0 Å². The fraction of sp³-hybridized carbons (Fsp3) is 0.550. The van der Waals surface area contributed by atoms with E-state index in [1.165, 1.54) is 11.1 Å². The molecule has 0 aromatic carbocycles. The van der Waals surface area contributed by atoms with Crippen molar-refractivity contribution < 1.29 is 0 Å². The number of nitrogens with two attached hydrogens (primary N) is 1. The Bertz CT molecular complexity index is 457. The summed E-state index contributed by atoms with van der Waals surface area (Å²) >= 11 is 0. The lowest BCUT2D eigenvalue weighted by Crippen LogP contribution is -2.36. The Balaban J connectivity index is 0. The summed E-state index contributed by atoms with van der Waals surface area (Å²) in [5, 5.41) is 0. The highest BCUT2D eigenvalue weighted by Crippen LogP contribution is 2.39. The average molecular weight is 305 g/mol. The second kappa shape index (κ2) is 12.2. The van der Waals surface area contributed by atoms with Crippen LogP contribution in [0.25, 0.3) is 11.6 Å². The van der Waals surface area contributed by atoms with Gasteiger partial charge in [0.05, 0.1) is 0 Å². The molecule has 2 nitrogen and oxygen atoms in total. The Morgan fingerprint density at radius 3 is 2.18 bits per heavy atom. The van der Waals surface area contributed by atoms with Gasteiger partial charge < -0.3 is 5.73 Å². The molecule has 1 heterocycles. The van der Waals surface area contributed by atoms with Crippen LogP contribution in [0.4, 0.5) is 0 Å². The monoisotopic (exact) mass is 304 g/mol. The van der Waals surface area contributed by atoms with Gasteiger partial charge in [-0.25, -0.2) is 0 Å². The molecule has 1 atom stereocenters. The minimum atomic E-state index is -0.277. The van der Waals surface area contributed by atoms with Crippen LogP contribution < -0.4 is 5.73 Å². The van der Waals surface area contributed by atoms with Crippen LogP contribution in [-0.2, 0) is 5.54 Å². The number of hydrogen-bond donors (Lipinski definition) is 1. The van der Waals surface area contributed by atoms with Crippen LogP contribution >= 0.6 is 0 Å². The fourth-order valence-corrected chi connectivity index (χ4v) is 2.28. The fourth-order valence-electron chi connectivity index (χ4n) is 2.28. The number of fused-ring (bicyclic) bond motifs is 1. The van der Waals surface area contributed by atoms with Gasteiger partial charge in [-0.05, 0) is 43.4 Å². The third kappa shape index (κ3) is 5.76. The number of allylic oxidation sites excluding steroid dienone is 2. The first-order chi connectivity index (χ1) is 10.6. The Morgan fingerprint density at radius 2 is 1.68 bits per heavy atom. The lowest BCUT2D eigenvalue weighted by atomic mass is 9.76. The van der Waals surface area contributed by atoms with Gasteiger partial charge in [-0.2, -0.15) is 0 Å². The number of hydrogen-bond acceptors (Lipinski definition) is 2. The highest BCUT2D eigenvalue weighted by Gasteiger charge is 2.30. The highest BCUT2D eigenvalue weighted by molar-refractivity contribution is 5.77. The minimum Gasteiger partial charge on any atom is -0.322 e. The summed E-state index contributed by atoms with van der Waals surface area (Å²) in [6.45, 7) is 20.2. The molecule has 0 fully saturated rings. The number of aromatic nitrogens is 1. The van der Waals surface area contributed by atoms with Gasteiger partial charge in [-0.15, -0.1) is 0 Å². The zero-order valence-electron chi connectivity index (χ0n) is 16.0. The van der Waals surface area contributed by atoms with Gasteiger partial charge >= 0.3 is 0 Å². The van der Waals surface area contributed by atoms with E-state index in [4.69, 9.17) is 5.73 Å². The third-order valence-electron chi connectivity index (χ3n) is 3.24. The molecular formula is C20H36N2. The molecule has 1 aromatic heterocycles. The van der Waals surface area contributed by atoms with Crippen molar-refractivity contribution in [2.75, 3.05) is 0 Å². The quantitative estimate of drug-likeness (QED) is 0.673. The van der Waals surface area contributed by atoms with E-state index in [1.54, 1.807) is 0 Å². The maximum Gasteiger partial charge on any atom is 0.0405 e. The van der Waals surface area contributed by atoms with Crippen LogP contribution in [0.5, 0.6) is 0 Å². The van der Waals surface area contributed by atoms with Crippen LogP contribution in [0.1, 0.15) is 84.9 Å². The Morgan fingerprint density at radius 1 is 1.14 bits per heavy atom. The molecule has 0 bridgehead atoms. The summed E-state index contributed by atoms with van der Waals surface area (Å²) in [7, 11) is 0. The lowest BCUT2D eigenvalue weighted by Gasteiger charge is -2.33. The molecule has 0 saturated carbocycles. The van der Waals surface area contributed by atoms with Gasteiger partial charge in [0.15, 0.2) is 0 Å². The standard InChI is InChI=1S/C14H18N2.3C2H6/c1-4-5-11-8-16-9-12-13(11)10(2)6-7-14(12,3)15;3*1-2/h4-5,8-9H,2,6-7,15H2,1,3H3;3*1-2H3/b5-4-;;;. The first kappa shape index (κ1) is 22.9. The van der Waals surface area contributed by atoms with Crippen LogP contribution in [0.15, 0.2) is 25.0 Å². The molecule has 1 unspecified atom stereocenters. The molecule has 2 heteroatoms. The summed E-state index contributed by atoms with van der Waals surface area (Å²) in [4.78, 5) is 4.27. The summed E-state index contributed by atoms with van der Waals surface area (Å²) in [6.07, 6.45) is 9.76. The zero-order valence-corrected chi connectivity index (χ0v) is 16.0. The summed E-state index contributed by atoms with van der Waals surface area (Å²) in [5.74, 6) is 0. The van der Waals surface area contributed by atoms with E-state index < -0.39 is 0 Å². The summed E-state index contributed by atoms with van der Waals surface area (Å²) < 4.78 is 0. The molecular weight excluding hydrogens is 268 g/mol. The average Bonchev–Trinajstić information content (AvgIpc) is 2.57. The van der Waals surface area contributed by atoms with E-state index in [-0.39, 0.29) is 5.54 Å². The summed E-state index contributed by atoms with van der Waals surface area (Å²) in [5.41, 5.74) is 10.7. The molecule has 0 spiro atoms. The maximum absolute atomic E-state index is 6.31. The van der Waals surface area contributed by atoms with Crippen molar-refractivity contribution in [3.8, 4) is 0 Å². The largest absolute Gasteiger partial charge is 0.322 e. The summed E-state index contributed by atoms with van der Waals surface area (Å²) in [6, 6.07) is 0. The topological polar surface area (TPSA) is 38.9 Å². The van der Waals surface area contributed by atoms with E-state index in [1.807, 2.05) is 66.9 Å². The second-order valence-corrected chi connectivity index (χ2v) is 4.67. The molecule has 0 aliphatic heterocycles. The Hall–Kier alpha value is -1.41. The predicted molar refractivity (Wildman–Crippen MR) is 103 cm³/mol. The third-order valence-corrected chi connectivity index (χ3v) is 3.24. The van der Waals surface area contributed by atoms with Gasteiger partial charge in [0.1, 0.15) is 0 Å². The van der Waals surface area contributed by atoms with E-state index in [0.29, 0.717) is 0 Å². The van der Waals surface area contributed by atoms with Crippen molar-refractivity contribution >= 4 is 11.6 Å². The minimum absolute atomic E-state index is 0.277. The SMILES string of the molecule is C=C1CCC(C)(N)c2cncc(/C=C\C)c21.CC.CC.CC. The molecule has 0 radical (unpaired) electrons. The smallest absolute Gasteiger partial charge is 0.0405 e. The zero-order chi connectivity index (χ0) is 17.8. The molecule has 1 aliphatic carbocycles. The predicted octanol–water partition coefficient (Wildman–Crippen LogP) is 6.17. The molecule has 126 valence electrons. The van der Waals surface area contributed by atoms with E-state index in [2.05, 4.69) is 24.6 Å². The molecule has 0 amide bonds. The van der Waals surface area contributed by atoms with Gasteiger partial charge in [-0.1, -0.05) is 60.3 Å². The maximum atomic E-state index is 6.31. The lowest BCUT2D eigenvalue weighted by molar-refractivity contribution is 0.446. The van der Waals surface area contributed by atoms with E-state index in [9.17, 15) is 0 Å². The van der Waals surface area contributed by atoms with Crippen LogP contribution in [0, 0.1) is 0 Å². The highest BCUT2D eigenvalue weighted by atomic mass is 14.8. The van der Waals surface area contributed by atoms with E-state index in [0.717, 1.165) is 24.0 Å². The van der Waals surface area contributed by atoms with Gasteiger partial charge in [-0.3, -0.25) is 4.98 Å². The second-order valence-electron chi connectivity index (χ2n) is 4.67. The Kier molecular flexibility index (Phi) is 12.6. The molecule has 2 rings (SSSR count). The van der Waals surface area contributed by atoms with Crippen molar-refractivity contribution in [3.05, 3.63) is 41.7 Å². The number of rotatable bonds is 1. The van der Waals surface area contributed by atoms with Gasteiger partial charge in [0.2, 0.25) is 0 Å². The van der Waals surface area contributed by atoms with Crippen LogP contribution in [0.2, 0.25) is 0 Å². The molecule has 1 aliphatic rings. The van der Waals surface area contributed by atoms with Crippen LogP contribution in [-0.4, -0.2) is 4.98 Å². The normalized spacial score (nSPS) is 18.9. The number of nitrogens with zero attached hydrogens (tertiary/aromatic N) is 1. The number of pyridine rings is 1. The van der Waals surface area contributed by atoms with Crippen molar-refractivity contribution in [3.63, 3.8) is 0 Å². The van der Waals surface area contributed by atoms with Crippen molar-refractivity contribution in [2.24, 2.45) is 5.73 Å². The molecule has 0 saturated heterocycles. The first-order valence-corrected chi connectivity index (χ1v) is 8.64. The Labute approximate surface area is 138 Å².